The molecule has 0 amide bonds. The largest absolute Gasteiger partial charge is 0.423 e. The molecule has 0 aliphatic rings. The smallest absolute Gasteiger partial charge is 0.346 e. The van der Waals surface area contributed by atoms with Crippen molar-refractivity contribution >= 4 is 41.0 Å². The third-order valence-corrected chi connectivity index (χ3v) is 8.64. The second kappa shape index (κ2) is 17.3. The second-order valence-electron chi connectivity index (χ2n) is 11.6. The van der Waals surface area contributed by atoms with Crippen LogP contribution < -0.4 is 10.2 Å². The summed E-state index contributed by atoms with van der Waals surface area (Å²) in [4.78, 5) is 24.9. The van der Waals surface area contributed by atoms with Crippen molar-refractivity contribution in [3.8, 4) is 5.75 Å². The average molecular weight is 695 g/mol. The lowest BCUT2D eigenvalue weighted by Crippen LogP contribution is -2.11. The number of aryl methyl sites for hydroxylation is 3. The number of carbonyl (C=O) groups is 2. The lowest BCUT2D eigenvalue weighted by Gasteiger charge is -2.08. The van der Waals surface area contributed by atoms with Gasteiger partial charge in [0.05, 0.1) is 15.6 Å². The van der Waals surface area contributed by atoms with Gasteiger partial charge in [0.2, 0.25) is 0 Å². The average Bonchev–Trinajstić information content (AvgIpc) is 3.02. The third kappa shape index (κ3) is 10.4. The molecule has 0 aliphatic carbocycles. The Morgan fingerprint density at radius 2 is 1.11 bits per heavy atom. The van der Waals surface area contributed by atoms with E-state index in [2.05, 4.69) is 15.9 Å². The van der Waals surface area contributed by atoms with Gasteiger partial charge in [0.15, 0.2) is 5.78 Å². The predicted octanol–water partition coefficient (Wildman–Crippen LogP) is 8.81. The first-order valence-corrected chi connectivity index (χ1v) is 16.4. The van der Waals surface area contributed by atoms with Crippen molar-refractivity contribution in [1.29, 1.82) is 0 Å². The van der Waals surface area contributed by atoms with Gasteiger partial charge in [-0.05, 0) is 107 Å². The van der Waals surface area contributed by atoms with Gasteiger partial charge < -0.3 is 4.74 Å². The van der Waals surface area contributed by atoms with Crippen molar-refractivity contribution in [3.05, 3.63) is 128 Å². The molecule has 0 atom stereocenters. The van der Waals surface area contributed by atoms with E-state index in [0.717, 1.165) is 68.6 Å². The summed E-state index contributed by atoms with van der Waals surface area (Å²) in [7, 11) is 1.68. The molecular weight excluding hydrogens is 659 g/mol. The van der Waals surface area contributed by atoms with E-state index in [0.29, 0.717) is 23.9 Å². The monoisotopic (exact) mass is 694 g/mol. The molecule has 0 heterocycles. The first-order valence-electron chi connectivity index (χ1n) is 15.6. The van der Waals surface area contributed by atoms with E-state index in [1.807, 2.05) is 6.07 Å². The van der Waals surface area contributed by atoms with Crippen LogP contribution in [-0.4, -0.2) is 19.6 Å². The van der Waals surface area contributed by atoms with E-state index >= 15 is 0 Å². The molecule has 0 aromatic heterocycles. The van der Waals surface area contributed by atoms with Crippen LogP contribution in [0.15, 0.2) is 77.3 Å². The van der Waals surface area contributed by atoms with Crippen LogP contribution in [0.3, 0.4) is 0 Å². The van der Waals surface area contributed by atoms with Crippen LogP contribution in [0.25, 0.3) is 0 Å². The van der Waals surface area contributed by atoms with E-state index in [9.17, 15) is 27.2 Å². The van der Waals surface area contributed by atoms with Crippen LogP contribution in [-0.2, 0) is 19.3 Å². The van der Waals surface area contributed by atoms with Crippen LogP contribution in [0.2, 0.25) is 0 Å². The van der Waals surface area contributed by atoms with Crippen molar-refractivity contribution in [2.24, 2.45) is 0 Å². The molecule has 4 rings (SSSR count). The minimum atomic E-state index is -0.882. The molecule has 240 valence electrons. The van der Waals surface area contributed by atoms with Crippen molar-refractivity contribution in [1.82, 2.24) is 0 Å². The van der Waals surface area contributed by atoms with Gasteiger partial charge in [-0.15, -0.1) is 0 Å². The Morgan fingerprint density at radius 3 is 1.67 bits per heavy atom. The molecule has 4 aromatic rings. The van der Waals surface area contributed by atoms with E-state index < -0.39 is 23.4 Å². The van der Waals surface area contributed by atoms with E-state index in [1.54, 1.807) is 32.1 Å². The fourth-order valence-corrected chi connectivity index (χ4v) is 5.50. The molecule has 9 heteroatoms. The van der Waals surface area contributed by atoms with Crippen LogP contribution in [0, 0.1) is 23.3 Å². The van der Waals surface area contributed by atoms with Gasteiger partial charge in [0, 0.05) is 12.5 Å². The Kier molecular flexibility index (Phi) is 13.2. The number of carbonyl (C=O) groups excluding carboxylic acids is 2. The molecular formula is C37H36BBrF4O3. The molecule has 46 heavy (non-hydrogen) atoms. The number of esters is 1. The predicted molar refractivity (Wildman–Crippen MR) is 179 cm³/mol. The Balaban J connectivity index is 1.08. The normalized spacial score (nSPS) is 11.1. The van der Waals surface area contributed by atoms with Crippen molar-refractivity contribution in [2.75, 3.05) is 0 Å². The summed E-state index contributed by atoms with van der Waals surface area (Å²) in [6, 6.07) is 18.0. The zero-order chi connectivity index (χ0) is 33.1. The van der Waals surface area contributed by atoms with E-state index in [-0.39, 0.29) is 39.4 Å². The number of hydrogen-bond acceptors (Lipinski definition) is 3. The molecule has 3 nitrogen and oxygen atoms in total. The maximum Gasteiger partial charge on any atom is 0.346 e. The minimum Gasteiger partial charge on any atom is -0.423 e. The van der Waals surface area contributed by atoms with Gasteiger partial charge >= 0.3 is 5.97 Å². The van der Waals surface area contributed by atoms with Crippen LogP contribution >= 0.6 is 15.9 Å². The van der Waals surface area contributed by atoms with Gasteiger partial charge in [-0.1, -0.05) is 61.8 Å². The summed E-state index contributed by atoms with van der Waals surface area (Å²) in [5, 5.41) is 0. The third-order valence-electron chi connectivity index (χ3n) is 8.00. The number of rotatable bonds is 16. The zero-order valence-electron chi connectivity index (χ0n) is 25.8. The molecule has 0 N–H and O–H groups in total. The minimum absolute atomic E-state index is 0.00340. The Labute approximate surface area is 276 Å². The lowest BCUT2D eigenvalue weighted by atomic mass is 9.93. The number of unbranched alkanes of at least 4 members (excludes halogenated alkanes) is 6. The van der Waals surface area contributed by atoms with Gasteiger partial charge in [-0.2, -0.15) is 0 Å². The van der Waals surface area contributed by atoms with E-state index in [1.165, 1.54) is 36.4 Å². The Hall–Kier alpha value is -3.72. The maximum atomic E-state index is 14.7. The topological polar surface area (TPSA) is 43.4 Å². The number of ketones is 1. The van der Waals surface area contributed by atoms with Crippen molar-refractivity contribution in [2.45, 2.75) is 70.6 Å². The summed E-state index contributed by atoms with van der Waals surface area (Å²) in [6.07, 6.45) is 8.94. The highest BCUT2D eigenvalue weighted by atomic mass is 79.9. The van der Waals surface area contributed by atoms with Gasteiger partial charge in [-0.3, -0.25) is 4.79 Å². The highest BCUT2D eigenvalue weighted by molar-refractivity contribution is 9.10. The molecule has 0 unspecified atom stereocenters. The fourth-order valence-electron chi connectivity index (χ4n) is 5.25. The highest BCUT2D eigenvalue weighted by Gasteiger charge is 2.16. The summed E-state index contributed by atoms with van der Waals surface area (Å²) in [6.45, 7) is 0. The fraction of sp³-hybridized carbons (Fsp3) is 0.297. The van der Waals surface area contributed by atoms with Crippen LogP contribution in [0.4, 0.5) is 17.6 Å². The zero-order valence-corrected chi connectivity index (χ0v) is 27.4. The van der Waals surface area contributed by atoms with Gasteiger partial charge in [0.25, 0.3) is 0 Å². The SMILES string of the molecule is Bc1ccc(CCC(=O)c2ccc(CCCCCCCCCc3ccc(C(=O)Oc4ccc(Br)c(F)c4)c(F)c3)cc2F)cc1F. The number of halogens is 5. The molecule has 4 aromatic carbocycles. The molecule has 0 spiro atoms. The Morgan fingerprint density at radius 1 is 0.587 bits per heavy atom. The van der Waals surface area contributed by atoms with Crippen molar-refractivity contribution in [3.63, 3.8) is 0 Å². The molecule has 0 aliphatic heterocycles. The van der Waals surface area contributed by atoms with Crippen LogP contribution in [0.1, 0.15) is 88.8 Å². The Bertz CT molecular complexity index is 1680. The lowest BCUT2D eigenvalue weighted by molar-refractivity contribution is 0.0729. The number of ether oxygens (including phenoxy) is 1. The van der Waals surface area contributed by atoms with Crippen LogP contribution in [0.5, 0.6) is 5.75 Å². The first-order chi connectivity index (χ1) is 22.1. The molecule has 0 saturated heterocycles. The van der Waals surface area contributed by atoms with Gasteiger partial charge in [-0.25, -0.2) is 22.4 Å². The first kappa shape index (κ1) is 35.1. The molecule has 0 fully saturated rings. The summed E-state index contributed by atoms with van der Waals surface area (Å²) in [5.41, 5.74) is 2.80. The molecule has 0 saturated carbocycles. The summed E-state index contributed by atoms with van der Waals surface area (Å²) >= 11 is 3.03. The maximum absolute atomic E-state index is 14.7. The number of benzene rings is 4. The standard InChI is InChI=1S/C37H36BBrF4O3/c38-30-17-12-26(22-34(30)42)13-19-36(44)28-15-10-24(20-32(28)40)8-6-4-2-1-3-5-7-9-25-11-16-29(33(41)21-25)37(45)46-27-14-18-31(39)35(43)23-27/h10-12,14-18,20-23H,1-9,13,19,38H2. The van der Waals surface area contributed by atoms with E-state index in [4.69, 9.17) is 4.74 Å². The summed E-state index contributed by atoms with van der Waals surface area (Å²) in [5.74, 6) is -3.24. The summed E-state index contributed by atoms with van der Waals surface area (Å²) < 4.78 is 62.0. The van der Waals surface area contributed by atoms with Crippen molar-refractivity contribution < 1.29 is 31.9 Å². The molecule has 0 bridgehead atoms. The quantitative estimate of drug-likeness (QED) is 0.0294. The van der Waals surface area contributed by atoms with Gasteiger partial charge in [0.1, 0.15) is 36.9 Å². The second-order valence-corrected chi connectivity index (χ2v) is 12.4. The highest BCUT2D eigenvalue weighted by Crippen LogP contribution is 2.23. The number of hydrogen-bond donors (Lipinski definition) is 0. The number of Topliss-reactive ketones (excluding diaryl/α,β-unsaturated/α-hetero) is 1. The molecule has 0 radical (unpaired) electrons.